The first-order valence-corrected chi connectivity index (χ1v) is 6.62. The lowest BCUT2D eigenvalue weighted by Gasteiger charge is -2.15. The van der Waals surface area contributed by atoms with Crippen molar-refractivity contribution in [2.45, 2.75) is 13.5 Å². The van der Waals surface area contributed by atoms with E-state index in [4.69, 9.17) is 11.6 Å². The van der Waals surface area contributed by atoms with Crippen molar-refractivity contribution in [1.29, 1.82) is 0 Å². The fourth-order valence-corrected chi connectivity index (χ4v) is 1.75. The predicted octanol–water partition coefficient (Wildman–Crippen LogP) is 4.86. The van der Waals surface area contributed by atoms with Gasteiger partial charge in [-0.15, -0.1) is 5.11 Å². The molecule has 0 aliphatic carbocycles. The first-order chi connectivity index (χ1) is 9.28. The highest BCUT2D eigenvalue weighted by molar-refractivity contribution is 6.30. The highest BCUT2D eigenvalue weighted by Gasteiger charge is 2.00. The maximum absolute atomic E-state index is 5.83. The fraction of sp³-hybridized carbons (Fsp3) is 0.200. The molecule has 4 heteroatoms. The first-order valence-electron chi connectivity index (χ1n) is 6.24. The summed E-state index contributed by atoms with van der Waals surface area (Å²) in [5, 5.41) is 11.1. The van der Waals surface area contributed by atoms with Gasteiger partial charge in [0.25, 0.3) is 0 Å². The lowest BCUT2D eigenvalue weighted by atomic mass is 10.2. The molecule has 0 N–H and O–H groups in total. The van der Waals surface area contributed by atoms with E-state index in [1.807, 2.05) is 47.5 Å². The van der Waals surface area contributed by atoms with Crippen molar-refractivity contribution in [1.82, 2.24) is 5.01 Å². The van der Waals surface area contributed by atoms with Crippen LogP contribution >= 0.6 is 11.6 Å². The Hall–Kier alpha value is -1.87. The van der Waals surface area contributed by atoms with Gasteiger partial charge in [-0.25, -0.2) is 0 Å². The number of benzene rings is 2. The van der Waals surface area contributed by atoms with Crippen LogP contribution in [0.3, 0.4) is 0 Å². The zero-order valence-corrected chi connectivity index (χ0v) is 11.6. The second kappa shape index (κ2) is 6.90. The van der Waals surface area contributed by atoms with Gasteiger partial charge in [0.2, 0.25) is 0 Å². The number of halogens is 1. The number of rotatable bonds is 5. The normalized spacial score (nSPS) is 10.8. The molecule has 0 heterocycles. The van der Waals surface area contributed by atoms with Gasteiger partial charge in [0.1, 0.15) is 0 Å². The summed E-state index contributed by atoms with van der Waals surface area (Å²) in [5.41, 5.74) is 2.02. The van der Waals surface area contributed by atoms with Gasteiger partial charge in [0.05, 0.1) is 12.2 Å². The molecule has 0 saturated heterocycles. The summed E-state index contributed by atoms with van der Waals surface area (Å²) in [6.45, 7) is 3.63. The quantitative estimate of drug-likeness (QED) is 0.565. The molecule has 2 rings (SSSR count). The van der Waals surface area contributed by atoms with Gasteiger partial charge < -0.3 is 0 Å². The van der Waals surface area contributed by atoms with Crippen LogP contribution in [-0.2, 0) is 6.54 Å². The molecule has 0 aromatic heterocycles. The molecule has 0 aliphatic rings. The summed E-state index contributed by atoms with van der Waals surface area (Å²) in [5.74, 6) is 0. The average molecular weight is 274 g/mol. The van der Waals surface area contributed by atoms with Gasteiger partial charge >= 0.3 is 0 Å². The molecule has 0 fully saturated rings. The third kappa shape index (κ3) is 4.38. The minimum atomic E-state index is 0.704. The molecule has 0 bridgehead atoms. The Morgan fingerprint density at radius 2 is 1.68 bits per heavy atom. The maximum Gasteiger partial charge on any atom is 0.0875 e. The first kappa shape index (κ1) is 13.6. The summed E-state index contributed by atoms with van der Waals surface area (Å²) < 4.78 is 0. The van der Waals surface area contributed by atoms with Crippen LogP contribution in [0.5, 0.6) is 0 Å². The van der Waals surface area contributed by atoms with Crippen LogP contribution in [0.1, 0.15) is 12.5 Å². The molecule has 2 aromatic carbocycles. The smallest absolute Gasteiger partial charge is 0.0875 e. The minimum Gasteiger partial charge on any atom is -0.274 e. The van der Waals surface area contributed by atoms with Crippen LogP contribution in [0.4, 0.5) is 5.69 Å². The lowest BCUT2D eigenvalue weighted by molar-refractivity contribution is 0.276. The summed E-state index contributed by atoms with van der Waals surface area (Å²) in [6, 6.07) is 17.5. The van der Waals surface area contributed by atoms with Crippen molar-refractivity contribution in [3.63, 3.8) is 0 Å². The second-order valence-electron chi connectivity index (χ2n) is 4.13. The molecule has 3 nitrogen and oxygen atoms in total. The summed E-state index contributed by atoms with van der Waals surface area (Å²) in [6.07, 6.45) is 0. The Balaban J connectivity index is 2.00. The van der Waals surface area contributed by atoms with Crippen molar-refractivity contribution in [3.05, 3.63) is 65.2 Å². The minimum absolute atomic E-state index is 0.704. The molecule has 0 aliphatic heterocycles. The van der Waals surface area contributed by atoms with Crippen LogP contribution in [0.25, 0.3) is 0 Å². The second-order valence-corrected chi connectivity index (χ2v) is 4.57. The number of hydrogen-bond acceptors (Lipinski definition) is 2. The Labute approximate surface area is 118 Å². The molecule has 2 aromatic rings. The molecule has 0 unspecified atom stereocenters. The van der Waals surface area contributed by atoms with Gasteiger partial charge in [-0.1, -0.05) is 47.2 Å². The van der Waals surface area contributed by atoms with E-state index in [-0.39, 0.29) is 0 Å². The third-order valence-electron chi connectivity index (χ3n) is 2.69. The van der Waals surface area contributed by atoms with Crippen LogP contribution in [0.2, 0.25) is 5.02 Å². The van der Waals surface area contributed by atoms with E-state index < -0.39 is 0 Å². The Morgan fingerprint density at radius 3 is 2.32 bits per heavy atom. The topological polar surface area (TPSA) is 28.0 Å². The number of hydrogen-bond donors (Lipinski definition) is 0. The van der Waals surface area contributed by atoms with E-state index in [0.29, 0.717) is 5.02 Å². The van der Waals surface area contributed by atoms with Crippen molar-refractivity contribution >= 4 is 17.3 Å². The summed E-state index contributed by atoms with van der Waals surface area (Å²) >= 11 is 5.83. The van der Waals surface area contributed by atoms with Gasteiger partial charge in [0, 0.05) is 11.6 Å². The fourth-order valence-electron chi connectivity index (χ4n) is 1.62. The predicted molar refractivity (Wildman–Crippen MR) is 78.5 cm³/mol. The molecule has 19 heavy (non-hydrogen) atoms. The van der Waals surface area contributed by atoms with E-state index >= 15 is 0 Å². The molecule has 98 valence electrons. The lowest BCUT2D eigenvalue weighted by Crippen LogP contribution is -2.15. The maximum atomic E-state index is 5.83. The summed E-state index contributed by atoms with van der Waals surface area (Å²) in [7, 11) is 0. The average Bonchev–Trinajstić information content (AvgIpc) is 2.46. The van der Waals surface area contributed by atoms with E-state index in [9.17, 15) is 0 Å². The molecular formula is C15H16ClN3. The van der Waals surface area contributed by atoms with Crippen LogP contribution < -0.4 is 0 Å². The Morgan fingerprint density at radius 1 is 1.00 bits per heavy atom. The molecule has 0 saturated carbocycles. The molecule has 0 amide bonds. The zero-order chi connectivity index (χ0) is 13.5. The molecule has 0 spiro atoms. The summed E-state index contributed by atoms with van der Waals surface area (Å²) in [4.78, 5) is 0. The van der Waals surface area contributed by atoms with Gasteiger partial charge in [-0.05, 0) is 36.8 Å². The SMILES string of the molecule is CCN(Cc1ccccc1)N=Nc1ccc(Cl)cc1. The van der Waals surface area contributed by atoms with Gasteiger partial charge in [0.15, 0.2) is 0 Å². The van der Waals surface area contributed by atoms with E-state index in [1.54, 1.807) is 0 Å². The van der Waals surface area contributed by atoms with Crippen LogP contribution in [-0.4, -0.2) is 11.6 Å². The van der Waals surface area contributed by atoms with Crippen molar-refractivity contribution in [2.75, 3.05) is 6.54 Å². The monoisotopic (exact) mass is 273 g/mol. The van der Waals surface area contributed by atoms with Crippen LogP contribution in [0.15, 0.2) is 64.9 Å². The largest absolute Gasteiger partial charge is 0.274 e. The molecular weight excluding hydrogens is 258 g/mol. The number of nitrogens with zero attached hydrogens (tertiary/aromatic N) is 3. The van der Waals surface area contributed by atoms with Gasteiger partial charge in [-0.2, -0.15) is 0 Å². The van der Waals surface area contributed by atoms with Crippen molar-refractivity contribution in [3.8, 4) is 0 Å². The van der Waals surface area contributed by atoms with E-state index in [0.717, 1.165) is 18.8 Å². The van der Waals surface area contributed by atoms with Gasteiger partial charge in [-0.3, -0.25) is 5.01 Å². The Bertz CT molecular complexity index is 523. The van der Waals surface area contributed by atoms with Crippen LogP contribution in [0, 0.1) is 0 Å². The van der Waals surface area contributed by atoms with E-state index in [1.165, 1.54) is 5.56 Å². The molecule has 0 radical (unpaired) electrons. The Kier molecular flexibility index (Phi) is 4.93. The van der Waals surface area contributed by atoms with Crippen molar-refractivity contribution in [2.24, 2.45) is 10.3 Å². The highest BCUT2D eigenvalue weighted by Crippen LogP contribution is 2.17. The highest BCUT2D eigenvalue weighted by atomic mass is 35.5. The third-order valence-corrected chi connectivity index (χ3v) is 2.94. The van der Waals surface area contributed by atoms with E-state index in [2.05, 4.69) is 29.4 Å². The zero-order valence-electron chi connectivity index (χ0n) is 10.8. The molecule has 0 atom stereocenters. The van der Waals surface area contributed by atoms with Crippen molar-refractivity contribution < 1.29 is 0 Å². The standard InChI is InChI=1S/C15H16ClN3/c1-2-19(12-13-6-4-3-5-7-13)18-17-15-10-8-14(16)9-11-15/h3-11H,2,12H2,1H3.